The molecule has 1 N–H and O–H groups in total. The van der Waals surface area contributed by atoms with Gasteiger partial charge in [0, 0.05) is 26.2 Å². The highest BCUT2D eigenvalue weighted by Gasteiger charge is 2.19. The van der Waals surface area contributed by atoms with Crippen LogP contribution in [0.15, 0.2) is 0 Å². The Labute approximate surface area is 116 Å². The molecule has 5 heteroatoms. The first-order valence-corrected chi connectivity index (χ1v) is 7.35. The number of hydrogen-bond acceptors (Lipinski definition) is 4. The molecule has 1 amide bonds. The van der Waals surface area contributed by atoms with Crippen LogP contribution in [-0.2, 0) is 14.3 Å². The highest BCUT2D eigenvalue weighted by molar-refractivity contribution is 5.77. The van der Waals surface area contributed by atoms with Crippen LogP contribution in [0.5, 0.6) is 0 Å². The lowest BCUT2D eigenvalue weighted by Crippen LogP contribution is -2.47. The molecule has 1 rings (SSSR count). The third kappa shape index (κ3) is 6.89. The number of amides is 1. The van der Waals surface area contributed by atoms with Crippen LogP contribution in [0, 0.1) is 0 Å². The summed E-state index contributed by atoms with van der Waals surface area (Å²) in [5, 5.41) is 3.48. The molecule has 1 aliphatic rings. The third-order valence-corrected chi connectivity index (χ3v) is 3.36. The molecule has 1 saturated heterocycles. The minimum Gasteiger partial charge on any atom is -0.382 e. The summed E-state index contributed by atoms with van der Waals surface area (Å²) in [6, 6.07) is 0.447. The first kappa shape index (κ1) is 16.4. The predicted octanol–water partition coefficient (Wildman–Crippen LogP) is 1.03. The smallest absolute Gasteiger partial charge is 0.248 e. The summed E-state index contributed by atoms with van der Waals surface area (Å²) in [6.45, 7) is 5.96. The van der Waals surface area contributed by atoms with E-state index in [1.807, 2.05) is 4.90 Å². The maximum Gasteiger partial charge on any atom is 0.248 e. The van der Waals surface area contributed by atoms with Crippen molar-refractivity contribution >= 4 is 5.91 Å². The van der Waals surface area contributed by atoms with Gasteiger partial charge in [0.15, 0.2) is 0 Å². The molecule has 5 nitrogen and oxygen atoms in total. The number of methoxy groups -OCH3 is 1. The maximum absolute atomic E-state index is 12.1. The van der Waals surface area contributed by atoms with Crippen LogP contribution in [0.25, 0.3) is 0 Å². The maximum atomic E-state index is 12.1. The minimum absolute atomic E-state index is 0.0883. The van der Waals surface area contributed by atoms with E-state index in [0.29, 0.717) is 19.3 Å². The van der Waals surface area contributed by atoms with Gasteiger partial charge in [-0.05, 0) is 25.8 Å². The minimum atomic E-state index is 0.0883. The number of nitrogens with one attached hydrogen (secondary N) is 1. The van der Waals surface area contributed by atoms with Crippen molar-refractivity contribution in [1.82, 2.24) is 10.2 Å². The van der Waals surface area contributed by atoms with E-state index in [0.717, 1.165) is 32.5 Å². The summed E-state index contributed by atoms with van der Waals surface area (Å²) in [7, 11) is 1.63. The molecule has 1 heterocycles. The number of ether oxygens (including phenoxy) is 2. The number of nitrogens with zero attached hydrogens (tertiary/aromatic N) is 1. The zero-order chi connectivity index (χ0) is 13.9. The van der Waals surface area contributed by atoms with Crippen LogP contribution < -0.4 is 5.32 Å². The summed E-state index contributed by atoms with van der Waals surface area (Å²) in [5.74, 6) is 0.0883. The number of carbonyl (C=O) groups is 1. The first-order valence-electron chi connectivity index (χ1n) is 7.35. The van der Waals surface area contributed by atoms with Gasteiger partial charge in [-0.1, -0.05) is 13.3 Å². The second kappa shape index (κ2) is 10.2. The van der Waals surface area contributed by atoms with E-state index in [-0.39, 0.29) is 12.5 Å². The van der Waals surface area contributed by atoms with Gasteiger partial charge in [0.1, 0.15) is 6.61 Å². The van der Waals surface area contributed by atoms with Gasteiger partial charge >= 0.3 is 0 Å². The van der Waals surface area contributed by atoms with E-state index in [1.54, 1.807) is 7.11 Å². The van der Waals surface area contributed by atoms with Crippen LogP contribution in [0.4, 0.5) is 0 Å². The van der Waals surface area contributed by atoms with Crippen LogP contribution in [-0.4, -0.2) is 63.4 Å². The molecule has 1 unspecified atom stereocenters. The van der Waals surface area contributed by atoms with Gasteiger partial charge in [0.05, 0.1) is 13.2 Å². The SMILES string of the molecule is CCCN(CC1CCCCN1)C(=O)COCCOC. The average Bonchev–Trinajstić information content (AvgIpc) is 2.44. The van der Waals surface area contributed by atoms with Crippen LogP contribution >= 0.6 is 0 Å². The fourth-order valence-electron chi connectivity index (χ4n) is 2.33. The second-order valence-corrected chi connectivity index (χ2v) is 5.03. The van der Waals surface area contributed by atoms with Crippen molar-refractivity contribution in [2.45, 2.75) is 38.6 Å². The highest BCUT2D eigenvalue weighted by atomic mass is 16.5. The van der Waals surface area contributed by atoms with E-state index in [2.05, 4.69) is 12.2 Å². The van der Waals surface area contributed by atoms with Crippen LogP contribution in [0.2, 0.25) is 0 Å². The summed E-state index contributed by atoms with van der Waals surface area (Å²) in [6.07, 6.45) is 4.66. The highest BCUT2D eigenvalue weighted by Crippen LogP contribution is 2.09. The van der Waals surface area contributed by atoms with Gasteiger partial charge in [-0.3, -0.25) is 4.79 Å². The van der Waals surface area contributed by atoms with Gasteiger partial charge in [-0.25, -0.2) is 0 Å². The first-order chi connectivity index (χ1) is 9.27. The Morgan fingerprint density at radius 3 is 2.84 bits per heavy atom. The molecule has 0 aromatic heterocycles. The fraction of sp³-hybridized carbons (Fsp3) is 0.929. The summed E-state index contributed by atoms with van der Waals surface area (Å²) in [5.41, 5.74) is 0. The van der Waals surface area contributed by atoms with Crippen molar-refractivity contribution in [3.05, 3.63) is 0 Å². The summed E-state index contributed by atoms with van der Waals surface area (Å²) < 4.78 is 10.2. The molecule has 1 atom stereocenters. The summed E-state index contributed by atoms with van der Waals surface area (Å²) in [4.78, 5) is 14.0. The largest absolute Gasteiger partial charge is 0.382 e. The van der Waals surface area contributed by atoms with Crippen LogP contribution in [0.3, 0.4) is 0 Å². The number of carbonyl (C=O) groups excluding carboxylic acids is 1. The van der Waals surface area contributed by atoms with E-state index in [4.69, 9.17) is 9.47 Å². The molecule has 0 bridgehead atoms. The fourth-order valence-corrected chi connectivity index (χ4v) is 2.33. The monoisotopic (exact) mass is 272 g/mol. The Hall–Kier alpha value is -0.650. The van der Waals surface area contributed by atoms with Gasteiger partial charge in [0.25, 0.3) is 0 Å². The van der Waals surface area contributed by atoms with Gasteiger partial charge < -0.3 is 19.7 Å². The van der Waals surface area contributed by atoms with Gasteiger partial charge in [0.2, 0.25) is 5.91 Å². The molecule has 1 fully saturated rings. The number of rotatable bonds is 9. The quantitative estimate of drug-likeness (QED) is 0.637. The Bertz CT molecular complexity index is 243. The average molecular weight is 272 g/mol. The molecule has 0 aliphatic carbocycles. The predicted molar refractivity (Wildman–Crippen MR) is 75.2 cm³/mol. The lowest BCUT2D eigenvalue weighted by molar-refractivity contribution is -0.137. The zero-order valence-electron chi connectivity index (χ0n) is 12.3. The normalized spacial score (nSPS) is 19.4. The van der Waals surface area contributed by atoms with Crippen LogP contribution in [0.1, 0.15) is 32.6 Å². The van der Waals surface area contributed by atoms with Crippen molar-refractivity contribution < 1.29 is 14.3 Å². The number of hydrogen-bond donors (Lipinski definition) is 1. The van der Waals surface area contributed by atoms with Gasteiger partial charge in [-0.15, -0.1) is 0 Å². The van der Waals surface area contributed by atoms with Crippen molar-refractivity contribution in [1.29, 1.82) is 0 Å². The molecule has 0 aromatic carbocycles. The molecule has 1 aliphatic heterocycles. The Balaban J connectivity index is 2.30. The van der Waals surface area contributed by atoms with Crippen molar-refractivity contribution in [2.75, 3.05) is 46.6 Å². The molecule has 19 heavy (non-hydrogen) atoms. The van der Waals surface area contributed by atoms with Gasteiger partial charge in [-0.2, -0.15) is 0 Å². The molecule has 0 spiro atoms. The van der Waals surface area contributed by atoms with E-state index >= 15 is 0 Å². The summed E-state index contributed by atoms with van der Waals surface area (Å²) >= 11 is 0. The van der Waals surface area contributed by atoms with E-state index in [1.165, 1.54) is 12.8 Å². The second-order valence-electron chi connectivity index (χ2n) is 5.03. The molecular formula is C14H28N2O3. The number of piperidine rings is 1. The Kier molecular flexibility index (Phi) is 8.79. The molecular weight excluding hydrogens is 244 g/mol. The molecule has 0 radical (unpaired) electrons. The van der Waals surface area contributed by atoms with E-state index in [9.17, 15) is 4.79 Å². The lowest BCUT2D eigenvalue weighted by atomic mass is 10.0. The zero-order valence-corrected chi connectivity index (χ0v) is 12.3. The Morgan fingerprint density at radius 1 is 1.37 bits per heavy atom. The molecule has 0 aromatic rings. The molecule has 0 saturated carbocycles. The molecule has 112 valence electrons. The third-order valence-electron chi connectivity index (χ3n) is 3.36. The standard InChI is InChI=1S/C14H28N2O3/c1-3-8-16(11-13-6-4-5-7-15-13)14(17)12-19-10-9-18-2/h13,15H,3-12H2,1-2H3. The van der Waals surface area contributed by atoms with Crippen molar-refractivity contribution in [3.8, 4) is 0 Å². The topological polar surface area (TPSA) is 50.8 Å². The van der Waals surface area contributed by atoms with E-state index < -0.39 is 0 Å². The Morgan fingerprint density at radius 2 is 2.21 bits per heavy atom. The lowest BCUT2D eigenvalue weighted by Gasteiger charge is -2.30. The van der Waals surface area contributed by atoms with Crippen molar-refractivity contribution in [3.63, 3.8) is 0 Å². The van der Waals surface area contributed by atoms with Crippen molar-refractivity contribution in [2.24, 2.45) is 0 Å².